The zero-order valence-corrected chi connectivity index (χ0v) is 14.2. The molecule has 1 amide bonds. The number of nitrogens with zero attached hydrogens (tertiary/aromatic N) is 1. The molecule has 1 aliphatic heterocycles. The molecule has 3 atom stereocenters. The highest BCUT2D eigenvalue weighted by Crippen LogP contribution is 2.29. The van der Waals surface area contributed by atoms with Crippen molar-refractivity contribution >= 4 is 34.5 Å². The molecule has 2 rings (SSSR count). The van der Waals surface area contributed by atoms with Gasteiger partial charge in [0.15, 0.2) is 10.9 Å². The summed E-state index contributed by atoms with van der Waals surface area (Å²) in [6, 6.07) is 2.15. The zero-order valence-electron chi connectivity index (χ0n) is 13.4. The molecule has 0 aromatic carbocycles. The number of furan rings is 1. The molecule has 8 heteroatoms. The summed E-state index contributed by atoms with van der Waals surface area (Å²) < 4.78 is 5.08. The molecule has 1 aromatic heterocycles. The lowest BCUT2D eigenvalue weighted by molar-refractivity contribution is -0.149. The molecular formula is C16H19NO6S. The summed E-state index contributed by atoms with van der Waals surface area (Å²) in [4.78, 5) is 49.3. The normalized spacial score (nSPS) is 19.8. The smallest absolute Gasteiger partial charge is 0.326 e. The third-order valence-electron chi connectivity index (χ3n) is 3.98. The number of carbonyl (C=O) groups excluding carboxylic acids is 3. The molecule has 1 aromatic rings. The van der Waals surface area contributed by atoms with Gasteiger partial charge in [-0.15, -0.1) is 0 Å². The molecule has 7 nitrogen and oxygen atoms in total. The van der Waals surface area contributed by atoms with E-state index in [-0.39, 0.29) is 10.9 Å². The Morgan fingerprint density at radius 3 is 2.62 bits per heavy atom. The largest absolute Gasteiger partial charge is 0.480 e. The first kappa shape index (κ1) is 18.3. The second kappa shape index (κ2) is 7.65. The van der Waals surface area contributed by atoms with E-state index in [1.165, 1.54) is 24.2 Å². The van der Waals surface area contributed by atoms with Crippen LogP contribution in [0.15, 0.2) is 22.8 Å². The summed E-state index contributed by atoms with van der Waals surface area (Å²) in [5.41, 5.74) is 0. The van der Waals surface area contributed by atoms with E-state index in [4.69, 9.17) is 4.42 Å². The highest BCUT2D eigenvalue weighted by atomic mass is 32.2. The standard InChI is InChI=1S/C16H19NO6S/c1-9(15(20)17-7-3-5-11(17)16(21)22)14(24-10(2)18)13(19)12-6-4-8-23-12/h4,6,8-9,11,14H,3,5,7H2,1-2H3,(H,21,22)/t9?,11-,14?/m0/s1. The lowest BCUT2D eigenvalue weighted by Crippen LogP contribution is -2.46. The maximum Gasteiger partial charge on any atom is 0.326 e. The quantitative estimate of drug-likeness (QED) is 0.778. The molecule has 0 aliphatic carbocycles. The van der Waals surface area contributed by atoms with Crippen molar-refractivity contribution in [3.63, 3.8) is 0 Å². The Hall–Kier alpha value is -2.09. The summed E-state index contributed by atoms with van der Waals surface area (Å²) in [7, 11) is 0. The Bertz CT molecular complexity index is 641. The first-order valence-electron chi connectivity index (χ1n) is 7.61. The average Bonchev–Trinajstić information content (AvgIpc) is 3.20. The summed E-state index contributed by atoms with van der Waals surface area (Å²) in [5.74, 6) is -2.70. The van der Waals surface area contributed by atoms with Crippen molar-refractivity contribution in [1.82, 2.24) is 4.90 Å². The van der Waals surface area contributed by atoms with Gasteiger partial charge in [-0.3, -0.25) is 14.4 Å². The minimum atomic E-state index is -1.05. The van der Waals surface area contributed by atoms with E-state index in [1.54, 1.807) is 13.0 Å². The number of hydrogen-bond donors (Lipinski definition) is 1. The number of ketones is 1. The molecule has 1 N–H and O–H groups in total. The lowest BCUT2D eigenvalue weighted by atomic mass is 10.0. The van der Waals surface area contributed by atoms with Gasteiger partial charge in [0, 0.05) is 13.5 Å². The van der Waals surface area contributed by atoms with Gasteiger partial charge in [-0.2, -0.15) is 0 Å². The van der Waals surface area contributed by atoms with Crippen molar-refractivity contribution in [2.45, 2.75) is 38.0 Å². The molecule has 1 fully saturated rings. The summed E-state index contributed by atoms with van der Waals surface area (Å²) in [5, 5.41) is 7.98. The minimum absolute atomic E-state index is 0.0737. The average molecular weight is 353 g/mol. The number of carboxylic acid groups (broad SMARTS) is 1. The van der Waals surface area contributed by atoms with Gasteiger partial charge in [-0.25, -0.2) is 4.79 Å². The number of hydrogen-bond acceptors (Lipinski definition) is 6. The maximum absolute atomic E-state index is 12.7. The van der Waals surface area contributed by atoms with Crippen molar-refractivity contribution in [2.24, 2.45) is 5.92 Å². The van der Waals surface area contributed by atoms with Crippen LogP contribution in [0.5, 0.6) is 0 Å². The van der Waals surface area contributed by atoms with Gasteiger partial charge < -0.3 is 14.4 Å². The van der Waals surface area contributed by atoms with Crippen LogP contribution >= 0.6 is 11.8 Å². The lowest BCUT2D eigenvalue weighted by Gasteiger charge is -2.28. The van der Waals surface area contributed by atoms with E-state index in [2.05, 4.69) is 0 Å². The minimum Gasteiger partial charge on any atom is -0.480 e. The topological polar surface area (TPSA) is 105 Å². The van der Waals surface area contributed by atoms with E-state index >= 15 is 0 Å². The van der Waals surface area contributed by atoms with E-state index in [0.717, 1.165) is 11.8 Å². The number of aliphatic carboxylic acids is 1. The fraction of sp³-hybridized carbons (Fsp3) is 0.500. The van der Waals surface area contributed by atoms with Crippen molar-refractivity contribution in [1.29, 1.82) is 0 Å². The number of Topliss-reactive ketones (excluding diaryl/α,β-unsaturated/α-hetero) is 1. The first-order valence-corrected chi connectivity index (χ1v) is 8.49. The summed E-state index contributed by atoms with van der Waals surface area (Å²) >= 11 is 0.767. The fourth-order valence-electron chi connectivity index (χ4n) is 2.80. The van der Waals surface area contributed by atoms with E-state index < -0.39 is 34.9 Å². The first-order chi connectivity index (χ1) is 11.3. The van der Waals surface area contributed by atoms with Gasteiger partial charge in [0.05, 0.1) is 17.4 Å². The van der Waals surface area contributed by atoms with Crippen LogP contribution in [0.2, 0.25) is 0 Å². The van der Waals surface area contributed by atoms with E-state index in [1.807, 2.05) is 0 Å². The van der Waals surface area contributed by atoms with Gasteiger partial charge in [0.2, 0.25) is 11.7 Å². The monoisotopic (exact) mass is 353 g/mol. The Morgan fingerprint density at radius 1 is 1.38 bits per heavy atom. The number of rotatable bonds is 6. The van der Waals surface area contributed by atoms with Gasteiger partial charge in [-0.1, -0.05) is 18.7 Å². The number of carbonyl (C=O) groups is 4. The molecule has 24 heavy (non-hydrogen) atoms. The molecule has 130 valence electrons. The Balaban J connectivity index is 2.22. The van der Waals surface area contributed by atoms with Crippen LogP contribution in [0.4, 0.5) is 0 Å². The SMILES string of the molecule is CC(=O)SC(C(=O)c1ccco1)C(C)C(=O)N1CCC[C@H]1C(=O)O. The van der Waals surface area contributed by atoms with Crippen molar-refractivity contribution < 1.29 is 28.7 Å². The third-order valence-corrected chi connectivity index (χ3v) is 5.19. The number of carboxylic acids is 1. The third kappa shape index (κ3) is 3.87. The number of likely N-dealkylation sites (tertiary alicyclic amines) is 1. The molecule has 0 spiro atoms. The van der Waals surface area contributed by atoms with Crippen molar-refractivity contribution in [3.05, 3.63) is 24.2 Å². The van der Waals surface area contributed by atoms with Crippen LogP contribution in [0, 0.1) is 5.92 Å². The molecule has 2 heterocycles. The van der Waals surface area contributed by atoms with Crippen LogP contribution < -0.4 is 0 Å². The Morgan fingerprint density at radius 2 is 2.08 bits per heavy atom. The van der Waals surface area contributed by atoms with Crippen LogP contribution in [0.3, 0.4) is 0 Å². The van der Waals surface area contributed by atoms with Crippen molar-refractivity contribution in [2.75, 3.05) is 6.54 Å². The van der Waals surface area contributed by atoms with Gasteiger partial charge in [0.1, 0.15) is 6.04 Å². The van der Waals surface area contributed by atoms with E-state index in [0.29, 0.717) is 19.4 Å². The molecule has 0 radical (unpaired) electrons. The van der Waals surface area contributed by atoms with Crippen LogP contribution in [0.1, 0.15) is 37.2 Å². The summed E-state index contributed by atoms with van der Waals surface area (Å²) in [6.45, 7) is 3.20. The number of amides is 1. The number of thioether (sulfide) groups is 1. The Labute approximate surface area is 143 Å². The molecule has 1 aliphatic rings. The van der Waals surface area contributed by atoms with Crippen molar-refractivity contribution in [3.8, 4) is 0 Å². The van der Waals surface area contributed by atoms with Gasteiger partial charge >= 0.3 is 5.97 Å². The fourth-order valence-corrected chi connectivity index (χ4v) is 3.70. The van der Waals surface area contributed by atoms with Gasteiger partial charge in [-0.05, 0) is 25.0 Å². The molecule has 0 saturated carbocycles. The Kier molecular flexibility index (Phi) is 5.82. The highest BCUT2D eigenvalue weighted by molar-refractivity contribution is 8.14. The van der Waals surface area contributed by atoms with Crippen LogP contribution in [0.25, 0.3) is 0 Å². The maximum atomic E-state index is 12.7. The van der Waals surface area contributed by atoms with Crippen LogP contribution in [-0.2, 0) is 14.4 Å². The molecule has 2 unspecified atom stereocenters. The zero-order chi connectivity index (χ0) is 17.9. The second-order valence-electron chi connectivity index (χ2n) is 5.69. The highest BCUT2D eigenvalue weighted by Gasteiger charge is 2.41. The van der Waals surface area contributed by atoms with Gasteiger partial charge in [0.25, 0.3) is 0 Å². The molecule has 1 saturated heterocycles. The molecular weight excluding hydrogens is 334 g/mol. The predicted octanol–water partition coefficient (Wildman–Crippen LogP) is 1.82. The van der Waals surface area contributed by atoms with E-state index in [9.17, 15) is 24.3 Å². The predicted molar refractivity (Wildman–Crippen MR) is 86.6 cm³/mol. The second-order valence-corrected chi connectivity index (χ2v) is 7.01. The molecule has 0 bridgehead atoms. The van der Waals surface area contributed by atoms with Crippen LogP contribution in [-0.4, -0.2) is 50.6 Å². The summed E-state index contributed by atoms with van der Waals surface area (Å²) in [6.07, 6.45) is 2.34.